The summed E-state index contributed by atoms with van der Waals surface area (Å²) in [6.45, 7) is 0.674. The Hall–Kier alpha value is -3.02. The summed E-state index contributed by atoms with van der Waals surface area (Å²) in [5.74, 6) is -0.0189. The molecule has 1 atom stereocenters. The van der Waals surface area contributed by atoms with Crippen LogP contribution in [0.5, 0.6) is 0 Å². The van der Waals surface area contributed by atoms with Gasteiger partial charge in [0.2, 0.25) is 0 Å². The van der Waals surface area contributed by atoms with E-state index in [4.69, 9.17) is 0 Å². The molecule has 1 aliphatic rings. The molecule has 3 aromatic rings. The fourth-order valence-electron chi connectivity index (χ4n) is 3.65. The summed E-state index contributed by atoms with van der Waals surface area (Å²) in [4.78, 5) is 31.7. The van der Waals surface area contributed by atoms with Gasteiger partial charge in [-0.3, -0.25) is 19.3 Å². The van der Waals surface area contributed by atoms with Crippen molar-refractivity contribution < 1.29 is 9.59 Å². The standard InChI is InChI=1S/C20H20N4O2/c1-23-13-15(11-22-23)19(25)9-16-6-4-8-24(16)20(26)18-12-21-10-14-5-2-3-7-17(14)18/h2-3,5,7,10-13,16H,4,6,8-9H2,1H3/t16-/m0/s1. The molecule has 26 heavy (non-hydrogen) atoms. The number of amides is 1. The van der Waals surface area contributed by atoms with Crippen LogP contribution in [0.4, 0.5) is 0 Å². The van der Waals surface area contributed by atoms with Crippen molar-refractivity contribution in [2.75, 3.05) is 6.54 Å². The van der Waals surface area contributed by atoms with Crippen molar-refractivity contribution in [1.29, 1.82) is 0 Å². The van der Waals surface area contributed by atoms with Crippen molar-refractivity contribution >= 4 is 22.5 Å². The molecule has 1 amide bonds. The number of likely N-dealkylation sites (tertiary alicyclic amines) is 1. The minimum Gasteiger partial charge on any atom is -0.335 e. The van der Waals surface area contributed by atoms with E-state index >= 15 is 0 Å². The van der Waals surface area contributed by atoms with Gasteiger partial charge in [0.25, 0.3) is 5.91 Å². The number of fused-ring (bicyclic) bond motifs is 1. The van der Waals surface area contributed by atoms with E-state index in [1.807, 2.05) is 29.2 Å². The predicted octanol–water partition coefficient (Wildman–Crippen LogP) is 2.85. The molecule has 0 radical (unpaired) electrons. The molecular weight excluding hydrogens is 328 g/mol. The Balaban J connectivity index is 1.57. The van der Waals surface area contributed by atoms with Crippen molar-refractivity contribution in [2.45, 2.75) is 25.3 Å². The normalized spacial score (nSPS) is 17.0. The van der Waals surface area contributed by atoms with Crippen LogP contribution >= 0.6 is 0 Å². The van der Waals surface area contributed by atoms with E-state index in [1.54, 1.807) is 36.5 Å². The zero-order chi connectivity index (χ0) is 18.1. The molecule has 1 aliphatic heterocycles. The number of pyridine rings is 1. The first-order valence-electron chi connectivity index (χ1n) is 8.79. The summed E-state index contributed by atoms with van der Waals surface area (Å²) in [5, 5.41) is 5.90. The maximum Gasteiger partial charge on any atom is 0.256 e. The summed E-state index contributed by atoms with van der Waals surface area (Å²) in [7, 11) is 1.79. The third-order valence-corrected chi connectivity index (χ3v) is 4.98. The number of aromatic nitrogens is 3. The molecule has 0 spiro atoms. The van der Waals surface area contributed by atoms with Crippen molar-refractivity contribution in [2.24, 2.45) is 7.05 Å². The number of ketones is 1. The second-order valence-electron chi connectivity index (χ2n) is 6.73. The number of carbonyl (C=O) groups excluding carboxylic acids is 2. The molecule has 2 aromatic heterocycles. The number of benzene rings is 1. The topological polar surface area (TPSA) is 68.1 Å². The van der Waals surface area contributed by atoms with Crippen LogP contribution in [0.3, 0.4) is 0 Å². The molecule has 3 heterocycles. The van der Waals surface area contributed by atoms with Crippen molar-refractivity contribution in [1.82, 2.24) is 19.7 Å². The Morgan fingerprint density at radius 1 is 1.19 bits per heavy atom. The first kappa shape index (κ1) is 16.4. The molecule has 132 valence electrons. The molecule has 1 saturated heterocycles. The highest BCUT2D eigenvalue weighted by atomic mass is 16.2. The van der Waals surface area contributed by atoms with Crippen molar-refractivity contribution in [3.63, 3.8) is 0 Å². The van der Waals surface area contributed by atoms with Gasteiger partial charge in [-0.25, -0.2) is 0 Å². The zero-order valence-electron chi connectivity index (χ0n) is 14.6. The summed E-state index contributed by atoms with van der Waals surface area (Å²) in [6.07, 6.45) is 8.78. The van der Waals surface area contributed by atoms with Gasteiger partial charge in [0.1, 0.15) is 0 Å². The highest BCUT2D eigenvalue weighted by molar-refractivity contribution is 6.07. The van der Waals surface area contributed by atoms with Gasteiger partial charge in [-0.1, -0.05) is 24.3 Å². The van der Waals surface area contributed by atoms with Gasteiger partial charge in [0.15, 0.2) is 5.78 Å². The van der Waals surface area contributed by atoms with Gasteiger partial charge in [0, 0.05) is 50.0 Å². The first-order valence-corrected chi connectivity index (χ1v) is 8.79. The second-order valence-corrected chi connectivity index (χ2v) is 6.73. The monoisotopic (exact) mass is 348 g/mol. The van der Waals surface area contributed by atoms with Crippen LogP contribution in [0.1, 0.15) is 40.0 Å². The van der Waals surface area contributed by atoms with Crippen LogP contribution in [0.2, 0.25) is 0 Å². The Kier molecular flexibility index (Phi) is 4.24. The lowest BCUT2D eigenvalue weighted by Crippen LogP contribution is -2.37. The number of carbonyl (C=O) groups is 2. The Morgan fingerprint density at radius 2 is 2.04 bits per heavy atom. The van der Waals surface area contributed by atoms with Gasteiger partial charge < -0.3 is 4.90 Å². The molecule has 4 rings (SSSR count). The quantitative estimate of drug-likeness (QED) is 0.680. The van der Waals surface area contributed by atoms with E-state index in [0.717, 1.165) is 23.6 Å². The molecular formula is C20H20N4O2. The molecule has 1 aromatic carbocycles. The molecule has 1 fully saturated rings. The van der Waals surface area contributed by atoms with E-state index in [2.05, 4.69) is 10.1 Å². The number of hydrogen-bond acceptors (Lipinski definition) is 4. The molecule has 0 N–H and O–H groups in total. The zero-order valence-corrected chi connectivity index (χ0v) is 14.6. The molecule has 0 unspecified atom stereocenters. The number of rotatable bonds is 4. The first-order chi connectivity index (χ1) is 12.6. The van der Waals surface area contributed by atoms with Gasteiger partial charge in [-0.2, -0.15) is 5.10 Å². The second kappa shape index (κ2) is 6.71. The van der Waals surface area contributed by atoms with Gasteiger partial charge >= 0.3 is 0 Å². The van der Waals surface area contributed by atoms with Crippen LogP contribution in [-0.4, -0.2) is 43.9 Å². The number of Topliss-reactive ketones (excluding diaryl/α,β-unsaturated/α-hetero) is 1. The van der Waals surface area contributed by atoms with E-state index in [0.29, 0.717) is 24.1 Å². The molecule has 6 heteroatoms. The molecule has 0 bridgehead atoms. The summed E-state index contributed by atoms with van der Waals surface area (Å²) in [6, 6.07) is 7.67. The lowest BCUT2D eigenvalue weighted by Gasteiger charge is -2.24. The average molecular weight is 348 g/mol. The maximum absolute atomic E-state index is 13.2. The smallest absolute Gasteiger partial charge is 0.256 e. The highest BCUT2D eigenvalue weighted by Crippen LogP contribution is 2.26. The summed E-state index contributed by atoms with van der Waals surface area (Å²) < 4.78 is 1.62. The molecule has 6 nitrogen and oxygen atoms in total. The van der Waals surface area contributed by atoms with Crippen LogP contribution in [0.15, 0.2) is 49.1 Å². The SMILES string of the molecule is Cn1cc(C(=O)C[C@@H]2CCCN2C(=O)c2cncc3ccccc23)cn1. The number of hydrogen-bond donors (Lipinski definition) is 0. The van der Waals surface area contributed by atoms with Gasteiger partial charge in [0.05, 0.1) is 17.3 Å². The van der Waals surface area contributed by atoms with Crippen molar-refractivity contribution in [3.8, 4) is 0 Å². The largest absolute Gasteiger partial charge is 0.335 e. The minimum atomic E-state index is -0.0748. The lowest BCUT2D eigenvalue weighted by molar-refractivity contribution is 0.0718. The summed E-state index contributed by atoms with van der Waals surface area (Å²) in [5.41, 5.74) is 1.20. The highest BCUT2D eigenvalue weighted by Gasteiger charge is 2.32. The van der Waals surface area contributed by atoms with Crippen LogP contribution in [-0.2, 0) is 7.05 Å². The fraction of sp³-hybridized carbons (Fsp3) is 0.300. The third kappa shape index (κ3) is 2.98. The van der Waals surface area contributed by atoms with Gasteiger partial charge in [-0.05, 0) is 18.2 Å². The van der Waals surface area contributed by atoms with Crippen LogP contribution < -0.4 is 0 Å². The molecule has 0 aliphatic carbocycles. The Bertz CT molecular complexity index is 973. The van der Waals surface area contributed by atoms with E-state index in [1.165, 1.54) is 0 Å². The van der Waals surface area contributed by atoms with Crippen LogP contribution in [0, 0.1) is 0 Å². The fourth-order valence-corrected chi connectivity index (χ4v) is 3.65. The Labute approximate surface area is 151 Å². The lowest BCUT2D eigenvalue weighted by atomic mass is 10.0. The van der Waals surface area contributed by atoms with E-state index < -0.39 is 0 Å². The minimum absolute atomic E-state index is 0.0267. The third-order valence-electron chi connectivity index (χ3n) is 4.98. The van der Waals surface area contributed by atoms with Crippen LogP contribution in [0.25, 0.3) is 10.8 Å². The predicted molar refractivity (Wildman–Crippen MR) is 98.0 cm³/mol. The van der Waals surface area contributed by atoms with Gasteiger partial charge in [-0.15, -0.1) is 0 Å². The molecule has 0 saturated carbocycles. The Morgan fingerprint density at radius 3 is 2.85 bits per heavy atom. The summed E-state index contributed by atoms with van der Waals surface area (Å²) >= 11 is 0. The van der Waals surface area contributed by atoms with Crippen molar-refractivity contribution in [3.05, 3.63) is 60.2 Å². The van der Waals surface area contributed by atoms with E-state index in [9.17, 15) is 9.59 Å². The van der Waals surface area contributed by atoms with E-state index in [-0.39, 0.29) is 17.7 Å². The average Bonchev–Trinajstić information content (AvgIpc) is 3.29. The maximum atomic E-state index is 13.2. The number of aryl methyl sites for hydroxylation is 1. The number of nitrogens with zero attached hydrogens (tertiary/aromatic N) is 4.